The van der Waals surface area contributed by atoms with Crippen molar-refractivity contribution in [1.82, 2.24) is 9.78 Å². The summed E-state index contributed by atoms with van der Waals surface area (Å²) in [4.78, 5) is 12.2. The third kappa shape index (κ3) is 5.61. The summed E-state index contributed by atoms with van der Waals surface area (Å²) >= 11 is 0. The number of aromatic nitrogens is 2. The van der Waals surface area contributed by atoms with E-state index in [4.69, 9.17) is 0 Å². The topological polar surface area (TPSA) is 81.1 Å². The van der Waals surface area contributed by atoms with Crippen LogP contribution in [-0.2, 0) is 22.6 Å². The van der Waals surface area contributed by atoms with Crippen LogP contribution in [0.2, 0.25) is 0 Å². The Labute approximate surface area is 179 Å². The van der Waals surface area contributed by atoms with E-state index in [0.29, 0.717) is 12.3 Å². The summed E-state index contributed by atoms with van der Waals surface area (Å²) in [5.74, 6) is -5.54. The van der Waals surface area contributed by atoms with Crippen molar-refractivity contribution in [2.24, 2.45) is 5.92 Å². The van der Waals surface area contributed by atoms with Gasteiger partial charge in [0.1, 0.15) is 17.1 Å². The molecular formula is C19H19F6N3O3S. The summed E-state index contributed by atoms with van der Waals surface area (Å²) in [6, 6.07) is 2.37. The molecule has 0 spiro atoms. The van der Waals surface area contributed by atoms with Gasteiger partial charge in [-0.05, 0) is 37.0 Å². The normalized spacial score (nSPS) is 17.3. The van der Waals surface area contributed by atoms with Gasteiger partial charge in [0.15, 0.2) is 9.84 Å². The van der Waals surface area contributed by atoms with Crippen molar-refractivity contribution < 1.29 is 39.6 Å². The van der Waals surface area contributed by atoms with Crippen LogP contribution >= 0.6 is 0 Å². The zero-order valence-electron chi connectivity index (χ0n) is 16.7. The van der Waals surface area contributed by atoms with Crippen molar-refractivity contribution in [2.45, 2.75) is 49.2 Å². The molecule has 0 atom stereocenters. The van der Waals surface area contributed by atoms with Gasteiger partial charge >= 0.3 is 6.18 Å². The SMILES string of the molecule is CS(=O)(=O)c1cc(F)cc(NC(=O)c2c(C(F)(F)F)cnn2CC2CCC(F)(F)CC2)c1. The Morgan fingerprint density at radius 3 is 2.41 bits per heavy atom. The van der Waals surface area contributed by atoms with Crippen LogP contribution in [0, 0.1) is 11.7 Å². The van der Waals surface area contributed by atoms with E-state index >= 15 is 0 Å². The van der Waals surface area contributed by atoms with Gasteiger partial charge in [0, 0.05) is 31.3 Å². The van der Waals surface area contributed by atoms with Gasteiger partial charge in [-0.15, -0.1) is 0 Å². The summed E-state index contributed by atoms with van der Waals surface area (Å²) in [5.41, 5.74) is -2.59. The van der Waals surface area contributed by atoms with Gasteiger partial charge in [-0.3, -0.25) is 9.48 Å². The van der Waals surface area contributed by atoms with Gasteiger partial charge in [-0.1, -0.05) is 0 Å². The molecule has 176 valence electrons. The number of hydrogen-bond donors (Lipinski definition) is 1. The minimum atomic E-state index is -4.94. The number of amides is 1. The third-order valence-electron chi connectivity index (χ3n) is 5.19. The van der Waals surface area contributed by atoms with Gasteiger partial charge in [0.2, 0.25) is 5.92 Å². The molecule has 0 aliphatic heterocycles. The Morgan fingerprint density at radius 2 is 1.84 bits per heavy atom. The third-order valence-corrected chi connectivity index (χ3v) is 6.28. The molecule has 32 heavy (non-hydrogen) atoms. The second kappa shape index (κ2) is 8.41. The number of alkyl halides is 5. The quantitative estimate of drug-likeness (QED) is 0.634. The number of rotatable bonds is 5. The maximum atomic E-state index is 13.8. The molecule has 1 amide bonds. The largest absolute Gasteiger partial charge is 0.420 e. The molecule has 0 bridgehead atoms. The Bertz CT molecular complexity index is 1120. The highest BCUT2D eigenvalue weighted by Gasteiger charge is 2.40. The van der Waals surface area contributed by atoms with Crippen molar-refractivity contribution in [3.05, 3.63) is 41.5 Å². The molecule has 13 heteroatoms. The summed E-state index contributed by atoms with van der Waals surface area (Å²) in [5, 5.41) is 5.71. The van der Waals surface area contributed by atoms with E-state index in [1.165, 1.54) is 0 Å². The predicted octanol–water partition coefficient (Wildman–Crippen LogP) is 4.52. The number of sulfone groups is 1. The highest BCUT2D eigenvalue weighted by molar-refractivity contribution is 7.90. The molecule has 2 aromatic rings. The Hall–Kier alpha value is -2.57. The monoisotopic (exact) mass is 483 g/mol. The average molecular weight is 483 g/mol. The van der Waals surface area contributed by atoms with Gasteiger partial charge < -0.3 is 5.32 Å². The van der Waals surface area contributed by atoms with E-state index in [2.05, 4.69) is 10.4 Å². The summed E-state index contributed by atoms with van der Waals surface area (Å²) < 4.78 is 105. The fourth-order valence-corrected chi connectivity index (χ4v) is 4.20. The molecule has 1 saturated carbocycles. The Kier molecular flexibility index (Phi) is 6.33. The zero-order chi connectivity index (χ0) is 23.9. The average Bonchev–Trinajstić information content (AvgIpc) is 3.06. The fraction of sp³-hybridized carbons (Fsp3) is 0.474. The summed E-state index contributed by atoms with van der Waals surface area (Å²) in [6.07, 6.45) is -4.40. The summed E-state index contributed by atoms with van der Waals surface area (Å²) in [7, 11) is -3.86. The minimum Gasteiger partial charge on any atom is -0.321 e. The van der Waals surface area contributed by atoms with Crippen LogP contribution in [0.25, 0.3) is 0 Å². The Balaban J connectivity index is 1.91. The first-order chi connectivity index (χ1) is 14.7. The van der Waals surface area contributed by atoms with Gasteiger partial charge in [0.05, 0.1) is 11.1 Å². The van der Waals surface area contributed by atoms with Crippen LogP contribution < -0.4 is 5.32 Å². The van der Waals surface area contributed by atoms with Gasteiger partial charge in [0.25, 0.3) is 5.91 Å². The van der Waals surface area contributed by atoms with Crippen molar-refractivity contribution >= 4 is 21.4 Å². The second-order valence-electron chi connectivity index (χ2n) is 7.79. The van der Waals surface area contributed by atoms with Crippen molar-refractivity contribution in [3.63, 3.8) is 0 Å². The number of carbonyl (C=O) groups excluding carboxylic acids is 1. The Morgan fingerprint density at radius 1 is 1.22 bits per heavy atom. The highest BCUT2D eigenvalue weighted by atomic mass is 32.2. The number of hydrogen-bond acceptors (Lipinski definition) is 4. The van der Waals surface area contributed by atoms with E-state index in [1.54, 1.807) is 0 Å². The molecule has 6 nitrogen and oxygen atoms in total. The number of benzene rings is 1. The molecule has 1 heterocycles. The maximum Gasteiger partial charge on any atom is 0.420 e. The number of halogens is 6. The molecule has 1 fully saturated rings. The molecule has 0 radical (unpaired) electrons. The first kappa shape index (κ1) is 24.1. The van der Waals surface area contributed by atoms with Crippen LogP contribution in [0.1, 0.15) is 41.7 Å². The standard InChI is InChI=1S/C19H19F6N3O3S/c1-32(30,31)14-7-12(20)6-13(8-14)27-17(29)16-15(19(23,24)25)9-26-28(16)10-11-2-4-18(21,22)5-3-11/h6-9,11H,2-5,10H2,1H3,(H,27,29). The van der Waals surface area contributed by atoms with Crippen LogP contribution in [0.15, 0.2) is 29.3 Å². The molecule has 1 aromatic heterocycles. The fourth-order valence-electron chi connectivity index (χ4n) is 3.54. The molecule has 3 rings (SSSR count). The molecule has 0 saturated heterocycles. The molecule has 1 aliphatic rings. The first-order valence-electron chi connectivity index (χ1n) is 9.48. The van der Waals surface area contributed by atoms with Crippen molar-refractivity contribution in [3.8, 4) is 0 Å². The van der Waals surface area contributed by atoms with E-state index in [9.17, 15) is 39.6 Å². The lowest BCUT2D eigenvalue weighted by Crippen LogP contribution is -2.29. The number of nitrogens with one attached hydrogen (secondary N) is 1. The van der Waals surface area contributed by atoms with Gasteiger partial charge in [-0.25, -0.2) is 21.6 Å². The van der Waals surface area contributed by atoms with E-state index in [0.717, 1.165) is 23.1 Å². The van der Waals surface area contributed by atoms with E-state index < -0.39 is 68.6 Å². The highest BCUT2D eigenvalue weighted by Crippen LogP contribution is 2.38. The van der Waals surface area contributed by atoms with Crippen LogP contribution in [0.4, 0.5) is 32.0 Å². The first-order valence-corrected chi connectivity index (χ1v) is 11.4. The number of anilines is 1. The molecule has 1 aromatic carbocycles. The van der Waals surface area contributed by atoms with E-state index in [-0.39, 0.29) is 25.1 Å². The van der Waals surface area contributed by atoms with Crippen molar-refractivity contribution in [1.29, 1.82) is 0 Å². The van der Waals surface area contributed by atoms with Crippen LogP contribution in [-0.4, -0.2) is 36.3 Å². The lowest BCUT2D eigenvalue weighted by molar-refractivity contribution is -0.138. The van der Waals surface area contributed by atoms with Gasteiger partial charge in [-0.2, -0.15) is 18.3 Å². The molecule has 1 N–H and O–H groups in total. The predicted molar refractivity (Wildman–Crippen MR) is 102 cm³/mol. The lowest BCUT2D eigenvalue weighted by Gasteiger charge is -2.28. The summed E-state index contributed by atoms with van der Waals surface area (Å²) in [6.45, 7) is -0.188. The molecule has 0 unspecified atom stereocenters. The number of carbonyl (C=O) groups is 1. The van der Waals surface area contributed by atoms with E-state index in [1.807, 2.05) is 0 Å². The van der Waals surface area contributed by atoms with Crippen LogP contribution in [0.5, 0.6) is 0 Å². The number of nitrogens with zero attached hydrogens (tertiary/aromatic N) is 2. The maximum absolute atomic E-state index is 13.8. The second-order valence-corrected chi connectivity index (χ2v) is 9.80. The zero-order valence-corrected chi connectivity index (χ0v) is 17.5. The minimum absolute atomic E-state index is 0.0525. The lowest BCUT2D eigenvalue weighted by atomic mass is 9.87. The smallest absolute Gasteiger partial charge is 0.321 e. The van der Waals surface area contributed by atoms with Crippen molar-refractivity contribution in [2.75, 3.05) is 11.6 Å². The van der Waals surface area contributed by atoms with Crippen LogP contribution in [0.3, 0.4) is 0 Å². The molecular weight excluding hydrogens is 464 g/mol. The molecule has 1 aliphatic carbocycles.